The standard InChI is InChI=1S/C10H13N5O/c1-7(16)10-12-14-15(13-10)9-4-2-3-8(5-9)6-11/h2-5,7,16H,6,11H2,1H3/t7-/m0/s1. The Hall–Kier alpha value is -1.79. The van der Waals surface area contributed by atoms with Crippen molar-refractivity contribution in [2.24, 2.45) is 5.73 Å². The first-order valence-electron chi connectivity index (χ1n) is 4.98. The van der Waals surface area contributed by atoms with E-state index in [4.69, 9.17) is 5.73 Å². The van der Waals surface area contributed by atoms with Crippen molar-refractivity contribution >= 4 is 0 Å². The van der Waals surface area contributed by atoms with Gasteiger partial charge in [-0.25, -0.2) is 0 Å². The topological polar surface area (TPSA) is 89.9 Å². The van der Waals surface area contributed by atoms with Crippen LogP contribution in [0.2, 0.25) is 0 Å². The number of aromatic nitrogens is 4. The van der Waals surface area contributed by atoms with Gasteiger partial charge in [0, 0.05) is 6.54 Å². The first kappa shape index (κ1) is 10.7. The zero-order valence-electron chi connectivity index (χ0n) is 8.91. The third-order valence-corrected chi connectivity index (χ3v) is 2.18. The number of aliphatic hydroxyl groups is 1. The molecule has 0 amide bonds. The van der Waals surface area contributed by atoms with Crippen LogP contribution < -0.4 is 5.73 Å². The molecule has 2 rings (SSSR count). The van der Waals surface area contributed by atoms with Gasteiger partial charge in [-0.3, -0.25) is 0 Å². The van der Waals surface area contributed by atoms with Crippen molar-refractivity contribution in [3.05, 3.63) is 35.7 Å². The molecule has 0 bridgehead atoms. The minimum absolute atomic E-state index is 0.304. The number of benzene rings is 1. The maximum Gasteiger partial charge on any atom is 0.203 e. The van der Waals surface area contributed by atoms with Crippen LogP contribution in [0.1, 0.15) is 24.4 Å². The number of rotatable bonds is 3. The molecule has 0 spiro atoms. The Bertz CT molecular complexity index is 480. The van der Waals surface area contributed by atoms with Crippen molar-refractivity contribution in [2.75, 3.05) is 0 Å². The van der Waals surface area contributed by atoms with Crippen molar-refractivity contribution in [1.82, 2.24) is 20.2 Å². The van der Waals surface area contributed by atoms with E-state index in [0.29, 0.717) is 12.4 Å². The van der Waals surface area contributed by atoms with Gasteiger partial charge >= 0.3 is 0 Å². The number of hydrogen-bond donors (Lipinski definition) is 2. The second-order valence-corrected chi connectivity index (χ2v) is 3.49. The van der Waals surface area contributed by atoms with Crippen LogP contribution in [-0.4, -0.2) is 25.3 Å². The summed E-state index contributed by atoms with van der Waals surface area (Å²) in [4.78, 5) is 1.38. The third kappa shape index (κ3) is 2.07. The monoisotopic (exact) mass is 219 g/mol. The summed E-state index contributed by atoms with van der Waals surface area (Å²) in [6.07, 6.45) is -0.716. The molecule has 16 heavy (non-hydrogen) atoms. The van der Waals surface area contributed by atoms with Crippen LogP contribution in [0.25, 0.3) is 5.69 Å². The fraction of sp³-hybridized carbons (Fsp3) is 0.300. The first-order chi connectivity index (χ1) is 7.70. The van der Waals surface area contributed by atoms with E-state index in [1.807, 2.05) is 24.3 Å². The molecule has 0 aliphatic carbocycles. The highest BCUT2D eigenvalue weighted by atomic mass is 16.3. The summed E-state index contributed by atoms with van der Waals surface area (Å²) >= 11 is 0. The van der Waals surface area contributed by atoms with Crippen LogP contribution in [-0.2, 0) is 6.54 Å². The minimum Gasteiger partial charge on any atom is -0.385 e. The Morgan fingerprint density at radius 2 is 2.31 bits per heavy atom. The molecule has 1 aromatic heterocycles. The lowest BCUT2D eigenvalue weighted by Crippen LogP contribution is -2.03. The average Bonchev–Trinajstić information content (AvgIpc) is 2.78. The zero-order valence-corrected chi connectivity index (χ0v) is 8.91. The number of hydrogen-bond acceptors (Lipinski definition) is 5. The van der Waals surface area contributed by atoms with Gasteiger partial charge in [0.25, 0.3) is 0 Å². The van der Waals surface area contributed by atoms with Crippen LogP contribution in [0.3, 0.4) is 0 Å². The molecule has 6 nitrogen and oxygen atoms in total. The van der Waals surface area contributed by atoms with Crippen molar-refractivity contribution < 1.29 is 5.11 Å². The van der Waals surface area contributed by atoms with Gasteiger partial charge in [-0.1, -0.05) is 12.1 Å². The van der Waals surface area contributed by atoms with Crippen molar-refractivity contribution in [2.45, 2.75) is 19.6 Å². The highest BCUT2D eigenvalue weighted by Gasteiger charge is 2.09. The maximum absolute atomic E-state index is 9.29. The summed E-state index contributed by atoms with van der Waals surface area (Å²) < 4.78 is 0. The third-order valence-electron chi connectivity index (χ3n) is 2.18. The second-order valence-electron chi connectivity index (χ2n) is 3.49. The smallest absolute Gasteiger partial charge is 0.203 e. The summed E-state index contributed by atoms with van der Waals surface area (Å²) in [5.74, 6) is 0.304. The Kier molecular flexibility index (Phi) is 2.93. The number of aliphatic hydroxyl groups excluding tert-OH is 1. The molecule has 0 radical (unpaired) electrons. The molecule has 0 aliphatic rings. The van der Waals surface area contributed by atoms with E-state index < -0.39 is 6.10 Å². The van der Waals surface area contributed by atoms with E-state index in [9.17, 15) is 5.11 Å². The Labute approximate surface area is 92.7 Å². The predicted octanol–water partition coefficient (Wildman–Crippen LogP) is 0.174. The Balaban J connectivity index is 2.34. The molecule has 0 saturated heterocycles. The molecule has 6 heteroatoms. The summed E-state index contributed by atoms with van der Waals surface area (Å²) in [7, 11) is 0. The Morgan fingerprint density at radius 1 is 1.50 bits per heavy atom. The molecule has 1 aromatic carbocycles. The predicted molar refractivity (Wildman–Crippen MR) is 57.7 cm³/mol. The molecule has 84 valence electrons. The lowest BCUT2D eigenvalue weighted by atomic mass is 10.2. The molecular weight excluding hydrogens is 206 g/mol. The van der Waals surface area contributed by atoms with Crippen LogP contribution in [0, 0.1) is 0 Å². The van der Waals surface area contributed by atoms with Crippen LogP contribution in [0.15, 0.2) is 24.3 Å². The second kappa shape index (κ2) is 4.38. The molecular formula is C10H13N5O. The van der Waals surface area contributed by atoms with Crippen LogP contribution in [0.5, 0.6) is 0 Å². The lowest BCUT2D eigenvalue weighted by molar-refractivity contribution is 0.188. The van der Waals surface area contributed by atoms with Gasteiger partial charge in [0.15, 0.2) is 0 Å². The summed E-state index contributed by atoms with van der Waals surface area (Å²) in [6, 6.07) is 7.54. The maximum atomic E-state index is 9.29. The van der Waals surface area contributed by atoms with Gasteiger partial charge in [0.2, 0.25) is 5.82 Å². The van der Waals surface area contributed by atoms with Gasteiger partial charge in [-0.05, 0) is 29.8 Å². The van der Waals surface area contributed by atoms with Gasteiger partial charge in [-0.2, -0.15) is 0 Å². The highest BCUT2D eigenvalue weighted by Crippen LogP contribution is 2.09. The lowest BCUT2D eigenvalue weighted by Gasteiger charge is -2.01. The summed E-state index contributed by atoms with van der Waals surface area (Å²) in [5, 5.41) is 21.0. The van der Waals surface area contributed by atoms with E-state index in [1.165, 1.54) is 4.80 Å². The number of tetrazole rings is 1. The average molecular weight is 219 g/mol. The quantitative estimate of drug-likeness (QED) is 0.768. The van der Waals surface area contributed by atoms with Gasteiger partial charge in [0.1, 0.15) is 6.10 Å². The molecule has 0 aliphatic heterocycles. The highest BCUT2D eigenvalue weighted by molar-refractivity contribution is 5.33. The fourth-order valence-electron chi connectivity index (χ4n) is 1.31. The van der Waals surface area contributed by atoms with Crippen molar-refractivity contribution in [3.63, 3.8) is 0 Å². The van der Waals surface area contributed by atoms with E-state index >= 15 is 0 Å². The number of nitrogens with two attached hydrogens (primary N) is 1. The molecule has 0 saturated carbocycles. The fourth-order valence-corrected chi connectivity index (χ4v) is 1.31. The molecule has 1 atom stereocenters. The first-order valence-corrected chi connectivity index (χ1v) is 4.98. The van der Waals surface area contributed by atoms with Crippen LogP contribution in [0.4, 0.5) is 0 Å². The van der Waals surface area contributed by atoms with E-state index in [0.717, 1.165) is 11.3 Å². The van der Waals surface area contributed by atoms with Gasteiger partial charge < -0.3 is 10.8 Å². The van der Waals surface area contributed by atoms with Gasteiger partial charge in [0.05, 0.1) is 5.69 Å². The number of nitrogens with zero attached hydrogens (tertiary/aromatic N) is 4. The normalized spacial score (nSPS) is 12.7. The largest absolute Gasteiger partial charge is 0.385 e. The van der Waals surface area contributed by atoms with E-state index in [-0.39, 0.29) is 0 Å². The molecule has 2 aromatic rings. The van der Waals surface area contributed by atoms with Crippen molar-refractivity contribution in [3.8, 4) is 5.69 Å². The van der Waals surface area contributed by atoms with E-state index in [1.54, 1.807) is 6.92 Å². The summed E-state index contributed by atoms with van der Waals surface area (Å²) in [5.41, 5.74) is 7.32. The molecule has 0 unspecified atom stereocenters. The minimum atomic E-state index is -0.716. The molecule has 0 fully saturated rings. The Morgan fingerprint density at radius 3 is 2.94 bits per heavy atom. The van der Waals surface area contributed by atoms with E-state index in [2.05, 4.69) is 15.4 Å². The zero-order chi connectivity index (χ0) is 11.5. The van der Waals surface area contributed by atoms with Crippen molar-refractivity contribution in [1.29, 1.82) is 0 Å². The SMILES string of the molecule is C[C@H](O)c1nnn(-c2cccc(CN)c2)n1. The molecule has 3 N–H and O–H groups in total. The molecule has 1 heterocycles. The summed E-state index contributed by atoms with van der Waals surface area (Å²) in [6.45, 7) is 2.06. The van der Waals surface area contributed by atoms with Crippen LogP contribution >= 0.6 is 0 Å². The van der Waals surface area contributed by atoms with Gasteiger partial charge in [-0.15, -0.1) is 15.0 Å².